The lowest BCUT2D eigenvalue weighted by Gasteiger charge is -2.31. The fourth-order valence-corrected chi connectivity index (χ4v) is 13.0. The SMILES string of the molecule is c1ccc(-c2nc(-c3ccccc3)nc(-c3cccc([Si]4(c5ccc6ccc7cccnc7c6n5)c5ccccc5-c5nc6ccccc6n54)c3)n2)cc1. The van der Waals surface area contributed by atoms with Gasteiger partial charge in [0.2, 0.25) is 0 Å². The molecule has 0 saturated carbocycles. The number of imidazole rings is 1. The van der Waals surface area contributed by atoms with Gasteiger partial charge in [0.1, 0.15) is 5.82 Å². The van der Waals surface area contributed by atoms with E-state index in [1.54, 1.807) is 0 Å². The summed E-state index contributed by atoms with van der Waals surface area (Å²) in [6.45, 7) is 0. The maximum absolute atomic E-state index is 5.64. The van der Waals surface area contributed by atoms with Crippen molar-refractivity contribution in [3.05, 3.63) is 176 Å². The zero-order chi connectivity index (χ0) is 35.6. The predicted molar refractivity (Wildman–Crippen MR) is 218 cm³/mol. The fourth-order valence-electron chi connectivity index (χ4n) is 8.09. The molecule has 0 radical (unpaired) electrons. The molecule has 10 aromatic rings. The number of hydrogen-bond donors (Lipinski definition) is 0. The fraction of sp³-hybridized carbons (Fsp3) is 0. The molecule has 0 saturated heterocycles. The number of nitrogens with zero attached hydrogens (tertiary/aromatic N) is 7. The van der Waals surface area contributed by atoms with Crippen molar-refractivity contribution in [3.8, 4) is 45.6 Å². The van der Waals surface area contributed by atoms with Gasteiger partial charge < -0.3 is 4.23 Å². The Kier molecular flexibility index (Phi) is 6.74. The minimum atomic E-state index is -3.22. The summed E-state index contributed by atoms with van der Waals surface area (Å²) >= 11 is 0. The van der Waals surface area contributed by atoms with Gasteiger partial charge >= 0.3 is 0 Å². The van der Waals surface area contributed by atoms with Crippen LogP contribution >= 0.6 is 0 Å². The highest BCUT2D eigenvalue weighted by Crippen LogP contribution is 2.35. The molecular weight excluding hydrogens is 679 g/mol. The summed E-state index contributed by atoms with van der Waals surface area (Å²) in [5, 5.41) is 5.51. The molecule has 1 unspecified atom stereocenters. The number of hydrogen-bond acceptors (Lipinski definition) is 6. The number of fused-ring (bicyclic) bond motifs is 8. The summed E-state index contributed by atoms with van der Waals surface area (Å²) in [6, 6.07) is 58.9. The standard InChI is InChI=1S/C46H29N7Si/c1-3-13-32(14-4-1)43-50-44(33-15-5-2-6-16-33)52-45(51-43)34-17-11-19-35(29-34)54(40-27-26-31-25-24-30-18-12-28-47-41(30)42(31)49-40)39-23-10-7-20-36(39)46-48-37-21-8-9-22-38(37)53(46)54/h1-29H. The van der Waals surface area contributed by atoms with E-state index in [9.17, 15) is 0 Å². The smallest absolute Gasteiger partial charge is 0.278 e. The molecule has 0 bridgehead atoms. The van der Waals surface area contributed by atoms with Crippen LogP contribution in [-0.2, 0) is 0 Å². The summed E-state index contributed by atoms with van der Waals surface area (Å²) in [5.41, 5.74) is 7.71. The van der Waals surface area contributed by atoms with Crippen molar-refractivity contribution in [3.63, 3.8) is 0 Å². The molecule has 1 atom stereocenters. The molecule has 11 rings (SSSR count). The number of aromatic nitrogens is 7. The van der Waals surface area contributed by atoms with E-state index in [2.05, 4.69) is 107 Å². The van der Waals surface area contributed by atoms with Crippen LogP contribution in [-0.4, -0.2) is 42.4 Å². The highest BCUT2D eigenvalue weighted by molar-refractivity contribution is 7.12. The Morgan fingerprint density at radius 2 is 1.07 bits per heavy atom. The molecule has 4 aromatic heterocycles. The average Bonchev–Trinajstić information content (AvgIpc) is 3.78. The molecular formula is C46H29N7Si. The minimum Gasteiger partial charge on any atom is -0.337 e. The average molecular weight is 708 g/mol. The summed E-state index contributed by atoms with van der Waals surface area (Å²) < 4.78 is 2.51. The molecule has 0 aliphatic carbocycles. The van der Waals surface area contributed by atoms with Crippen LogP contribution in [0.5, 0.6) is 0 Å². The van der Waals surface area contributed by atoms with E-state index in [4.69, 9.17) is 29.9 Å². The second kappa shape index (κ2) is 11.9. The third-order valence-corrected chi connectivity index (χ3v) is 15.0. The van der Waals surface area contributed by atoms with E-state index in [-0.39, 0.29) is 0 Å². The molecule has 54 heavy (non-hydrogen) atoms. The van der Waals surface area contributed by atoms with Crippen molar-refractivity contribution in [1.82, 2.24) is 34.1 Å². The summed E-state index contributed by atoms with van der Waals surface area (Å²) in [6.07, 6.45) is 1.85. The summed E-state index contributed by atoms with van der Waals surface area (Å²) in [5.74, 6) is 2.82. The van der Waals surface area contributed by atoms with Gasteiger partial charge in [0.25, 0.3) is 8.24 Å². The Hall–Kier alpha value is -7.16. The van der Waals surface area contributed by atoms with Gasteiger partial charge in [-0.15, -0.1) is 0 Å². The van der Waals surface area contributed by atoms with Crippen molar-refractivity contribution in [1.29, 1.82) is 0 Å². The lowest BCUT2D eigenvalue weighted by Crippen LogP contribution is -2.71. The van der Waals surface area contributed by atoms with Gasteiger partial charge in [0, 0.05) is 39.2 Å². The number of rotatable bonds is 5. The first-order valence-electron chi connectivity index (χ1n) is 18.0. The topological polar surface area (TPSA) is 82.3 Å². The number of benzene rings is 6. The van der Waals surface area contributed by atoms with E-state index in [1.165, 1.54) is 5.19 Å². The largest absolute Gasteiger partial charge is 0.337 e. The lowest BCUT2D eigenvalue weighted by atomic mass is 10.1. The van der Waals surface area contributed by atoms with Crippen LogP contribution in [0.4, 0.5) is 0 Å². The molecule has 0 amide bonds. The maximum atomic E-state index is 5.64. The van der Waals surface area contributed by atoms with E-state index >= 15 is 0 Å². The molecule has 7 nitrogen and oxygen atoms in total. The van der Waals surface area contributed by atoms with Crippen molar-refractivity contribution in [2.24, 2.45) is 0 Å². The Morgan fingerprint density at radius 1 is 0.444 bits per heavy atom. The Morgan fingerprint density at radius 3 is 1.85 bits per heavy atom. The first-order chi connectivity index (χ1) is 26.8. The van der Waals surface area contributed by atoms with E-state index < -0.39 is 8.24 Å². The third-order valence-electron chi connectivity index (χ3n) is 10.5. The van der Waals surface area contributed by atoms with Crippen molar-refractivity contribution in [2.45, 2.75) is 0 Å². The van der Waals surface area contributed by atoms with Crippen LogP contribution in [0, 0.1) is 0 Å². The first-order valence-corrected chi connectivity index (χ1v) is 19.9. The quantitative estimate of drug-likeness (QED) is 0.134. The predicted octanol–water partition coefficient (Wildman–Crippen LogP) is 7.81. The van der Waals surface area contributed by atoms with Crippen LogP contribution < -0.4 is 15.7 Å². The van der Waals surface area contributed by atoms with Gasteiger partial charge in [0.05, 0.1) is 27.4 Å². The van der Waals surface area contributed by atoms with Crippen molar-refractivity contribution in [2.75, 3.05) is 0 Å². The van der Waals surface area contributed by atoms with Crippen LogP contribution in [0.25, 0.3) is 78.4 Å². The molecule has 1 aliphatic rings. The van der Waals surface area contributed by atoms with Crippen LogP contribution in [0.3, 0.4) is 0 Å². The van der Waals surface area contributed by atoms with Crippen molar-refractivity contribution < 1.29 is 0 Å². The van der Waals surface area contributed by atoms with Gasteiger partial charge in [-0.2, -0.15) is 0 Å². The third kappa shape index (κ3) is 4.54. The van der Waals surface area contributed by atoms with E-state index in [0.29, 0.717) is 17.5 Å². The molecule has 6 aromatic carbocycles. The molecule has 0 fully saturated rings. The van der Waals surface area contributed by atoms with Gasteiger partial charge in [-0.05, 0) is 40.7 Å². The van der Waals surface area contributed by atoms with Gasteiger partial charge in [-0.1, -0.05) is 140 Å². The molecule has 1 aliphatic heterocycles. The van der Waals surface area contributed by atoms with Gasteiger partial charge in [0.15, 0.2) is 17.5 Å². The van der Waals surface area contributed by atoms with Gasteiger partial charge in [-0.25, -0.2) is 19.9 Å². The minimum absolute atomic E-state index is 0.609. The Labute approximate surface area is 311 Å². The first kappa shape index (κ1) is 30.5. The normalized spacial score (nSPS) is 14.7. The van der Waals surface area contributed by atoms with Crippen molar-refractivity contribution >= 4 is 56.8 Å². The zero-order valence-electron chi connectivity index (χ0n) is 28.9. The summed E-state index contributed by atoms with van der Waals surface area (Å²) in [7, 11) is -3.22. The molecule has 252 valence electrons. The highest BCUT2D eigenvalue weighted by Gasteiger charge is 2.52. The Balaban J connectivity index is 1.22. The molecule has 0 spiro atoms. The Bertz CT molecular complexity index is 3010. The number of para-hydroxylation sites is 2. The van der Waals surface area contributed by atoms with E-state index in [0.717, 1.165) is 71.4 Å². The monoisotopic (exact) mass is 707 g/mol. The molecule has 5 heterocycles. The summed E-state index contributed by atoms with van der Waals surface area (Å²) in [4.78, 5) is 31.0. The second-order valence-corrected chi connectivity index (χ2v) is 17.0. The molecule has 0 N–H and O–H groups in total. The highest BCUT2D eigenvalue weighted by atomic mass is 28.3. The maximum Gasteiger partial charge on any atom is 0.278 e. The van der Waals surface area contributed by atoms with Gasteiger partial charge in [-0.3, -0.25) is 9.97 Å². The number of pyridine rings is 2. The zero-order valence-corrected chi connectivity index (χ0v) is 29.9. The second-order valence-electron chi connectivity index (χ2n) is 13.5. The van der Waals surface area contributed by atoms with Crippen LogP contribution in [0.2, 0.25) is 0 Å². The van der Waals surface area contributed by atoms with Crippen LogP contribution in [0.15, 0.2) is 176 Å². The molecule has 8 heteroatoms. The van der Waals surface area contributed by atoms with E-state index in [1.807, 2.05) is 72.9 Å². The van der Waals surface area contributed by atoms with Crippen LogP contribution in [0.1, 0.15) is 0 Å². The lowest BCUT2D eigenvalue weighted by molar-refractivity contribution is 1.07.